The Balaban J connectivity index is 2.06. The van der Waals surface area contributed by atoms with Gasteiger partial charge in [-0.1, -0.05) is 0 Å². The first kappa shape index (κ1) is 10.8. The van der Waals surface area contributed by atoms with Gasteiger partial charge in [0.2, 0.25) is 12.7 Å². The number of nitrogens with two attached hydrogens (primary N) is 1. The molecule has 2 rings (SSSR count). The molecule has 0 aromatic heterocycles. The van der Waals surface area contributed by atoms with Gasteiger partial charge in [-0.05, 0) is 30.2 Å². The van der Waals surface area contributed by atoms with Crippen molar-refractivity contribution in [2.24, 2.45) is 5.73 Å². The molecule has 0 unspecified atom stereocenters. The number of carbonyl (C=O) groups is 1. The molecule has 3 N–H and O–H groups in total. The fourth-order valence-corrected chi connectivity index (χ4v) is 1.60. The molecule has 0 spiro atoms. The summed E-state index contributed by atoms with van der Waals surface area (Å²) in [6.07, 6.45) is 0. The second-order valence-corrected chi connectivity index (χ2v) is 3.70. The van der Waals surface area contributed by atoms with Crippen LogP contribution in [-0.2, 0) is 11.3 Å². The first-order valence-electron chi connectivity index (χ1n) is 5.05. The molecule has 0 atom stereocenters. The second kappa shape index (κ2) is 4.40. The molecule has 1 aliphatic rings. The predicted molar refractivity (Wildman–Crippen MR) is 58.2 cm³/mol. The van der Waals surface area contributed by atoms with Crippen molar-refractivity contribution in [3.8, 4) is 11.5 Å². The summed E-state index contributed by atoms with van der Waals surface area (Å²) in [6.45, 7) is 3.02. The normalized spacial score (nSPS) is 12.8. The molecule has 5 heteroatoms. The van der Waals surface area contributed by atoms with Crippen LogP contribution in [0.25, 0.3) is 0 Å². The Morgan fingerprint density at radius 1 is 1.44 bits per heavy atom. The number of fused-ring (bicyclic) bond motifs is 1. The summed E-state index contributed by atoms with van der Waals surface area (Å²) in [6, 6.07) is 3.86. The van der Waals surface area contributed by atoms with Crippen molar-refractivity contribution in [2.45, 2.75) is 13.5 Å². The Kier molecular flexibility index (Phi) is 2.96. The third kappa shape index (κ3) is 2.25. The lowest BCUT2D eigenvalue weighted by atomic mass is 10.1. The molecule has 0 radical (unpaired) electrons. The van der Waals surface area contributed by atoms with Gasteiger partial charge in [-0.2, -0.15) is 0 Å². The average molecular weight is 222 g/mol. The van der Waals surface area contributed by atoms with E-state index >= 15 is 0 Å². The van der Waals surface area contributed by atoms with Crippen molar-refractivity contribution in [1.82, 2.24) is 5.32 Å². The van der Waals surface area contributed by atoms with Crippen LogP contribution in [-0.4, -0.2) is 19.2 Å². The number of rotatable bonds is 4. The highest BCUT2D eigenvalue weighted by Crippen LogP contribution is 2.34. The number of benzene rings is 1. The van der Waals surface area contributed by atoms with Gasteiger partial charge in [-0.15, -0.1) is 0 Å². The van der Waals surface area contributed by atoms with Crippen molar-refractivity contribution >= 4 is 5.91 Å². The van der Waals surface area contributed by atoms with Crippen LogP contribution in [0.4, 0.5) is 0 Å². The minimum atomic E-state index is -0.363. The quantitative estimate of drug-likeness (QED) is 0.768. The number of aryl methyl sites for hydroxylation is 1. The molecule has 0 saturated carbocycles. The first-order chi connectivity index (χ1) is 7.66. The molecular weight excluding hydrogens is 208 g/mol. The topological polar surface area (TPSA) is 73.6 Å². The summed E-state index contributed by atoms with van der Waals surface area (Å²) in [5.41, 5.74) is 7.21. The molecule has 1 aromatic carbocycles. The Bertz CT molecular complexity index is 418. The van der Waals surface area contributed by atoms with Crippen LogP contribution in [0, 0.1) is 6.92 Å². The van der Waals surface area contributed by atoms with E-state index in [1.165, 1.54) is 0 Å². The van der Waals surface area contributed by atoms with E-state index in [2.05, 4.69) is 5.32 Å². The molecule has 0 bridgehead atoms. The van der Waals surface area contributed by atoms with Crippen molar-refractivity contribution < 1.29 is 14.3 Å². The van der Waals surface area contributed by atoms with Crippen LogP contribution in [0.5, 0.6) is 11.5 Å². The van der Waals surface area contributed by atoms with E-state index in [1.807, 2.05) is 19.1 Å². The summed E-state index contributed by atoms with van der Waals surface area (Å²) >= 11 is 0. The van der Waals surface area contributed by atoms with Crippen LogP contribution in [0.15, 0.2) is 12.1 Å². The van der Waals surface area contributed by atoms with Crippen LogP contribution < -0.4 is 20.5 Å². The molecule has 1 aromatic rings. The highest BCUT2D eigenvalue weighted by Gasteiger charge is 2.15. The highest BCUT2D eigenvalue weighted by molar-refractivity contribution is 5.75. The first-order valence-corrected chi connectivity index (χ1v) is 5.05. The summed E-state index contributed by atoms with van der Waals surface area (Å²) in [5.74, 6) is 1.16. The summed E-state index contributed by atoms with van der Waals surface area (Å²) in [7, 11) is 0. The minimum Gasteiger partial charge on any atom is -0.454 e. The van der Waals surface area contributed by atoms with Gasteiger partial charge in [-0.3, -0.25) is 4.79 Å². The molecule has 1 aliphatic heterocycles. The molecular formula is C11H14N2O3. The Hall–Kier alpha value is -1.75. The summed E-state index contributed by atoms with van der Waals surface area (Å²) < 4.78 is 10.5. The molecule has 1 heterocycles. The zero-order valence-electron chi connectivity index (χ0n) is 9.08. The summed E-state index contributed by atoms with van der Waals surface area (Å²) in [4.78, 5) is 10.6. The molecule has 0 aliphatic carbocycles. The Labute approximate surface area is 93.5 Å². The van der Waals surface area contributed by atoms with Gasteiger partial charge in [0.05, 0.1) is 6.54 Å². The van der Waals surface area contributed by atoms with Gasteiger partial charge in [-0.25, -0.2) is 0 Å². The molecule has 1 amide bonds. The molecule has 16 heavy (non-hydrogen) atoms. The average Bonchev–Trinajstić information content (AvgIpc) is 2.64. The maximum absolute atomic E-state index is 10.6. The van der Waals surface area contributed by atoms with E-state index in [9.17, 15) is 4.79 Å². The van der Waals surface area contributed by atoms with E-state index in [4.69, 9.17) is 15.2 Å². The van der Waals surface area contributed by atoms with Crippen molar-refractivity contribution in [2.75, 3.05) is 13.3 Å². The number of hydrogen-bond acceptors (Lipinski definition) is 4. The lowest BCUT2D eigenvalue weighted by Gasteiger charge is -2.07. The van der Waals surface area contributed by atoms with Crippen LogP contribution in [0.2, 0.25) is 0 Å². The van der Waals surface area contributed by atoms with E-state index in [0.717, 1.165) is 22.6 Å². The van der Waals surface area contributed by atoms with Gasteiger partial charge >= 0.3 is 0 Å². The van der Waals surface area contributed by atoms with Gasteiger partial charge in [0.25, 0.3) is 0 Å². The Morgan fingerprint density at radius 3 is 2.81 bits per heavy atom. The van der Waals surface area contributed by atoms with E-state index < -0.39 is 0 Å². The number of hydrogen-bond donors (Lipinski definition) is 2. The minimum absolute atomic E-state index is 0.174. The van der Waals surface area contributed by atoms with Crippen LogP contribution in [0.1, 0.15) is 11.1 Å². The maximum Gasteiger partial charge on any atom is 0.231 e. The number of nitrogens with one attached hydrogen (secondary N) is 1. The highest BCUT2D eigenvalue weighted by atomic mass is 16.7. The lowest BCUT2D eigenvalue weighted by Crippen LogP contribution is -2.28. The molecule has 0 saturated heterocycles. The largest absolute Gasteiger partial charge is 0.454 e. The van der Waals surface area contributed by atoms with E-state index in [0.29, 0.717) is 6.54 Å². The molecule has 86 valence electrons. The second-order valence-electron chi connectivity index (χ2n) is 3.70. The maximum atomic E-state index is 10.6. The van der Waals surface area contributed by atoms with Crippen molar-refractivity contribution in [3.63, 3.8) is 0 Å². The van der Waals surface area contributed by atoms with Crippen molar-refractivity contribution in [1.29, 1.82) is 0 Å². The van der Waals surface area contributed by atoms with E-state index in [1.54, 1.807) is 0 Å². The van der Waals surface area contributed by atoms with Gasteiger partial charge in [0, 0.05) is 6.54 Å². The third-order valence-corrected chi connectivity index (χ3v) is 2.45. The lowest BCUT2D eigenvalue weighted by molar-refractivity contribution is -0.117. The van der Waals surface area contributed by atoms with Gasteiger partial charge in [0.1, 0.15) is 0 Å². The standard InChI is InChI=1S/C11H14N2O3/c1-7-2-9-10(16-6-15-9)3-8(7)4-13-5-11(12)14/h2-3,13H,4-6H2,1H3,(H2,12,14). The predicted octanol–water partition coefficient (Wildman–Crippen LogP) is 0.299. The zero-order chi connectivity index (χ0) is 11.5. The van der Waals surface area contributed by atoms with E-state index in [-0.39, 0.29) is 19.2 Å². The van der Waals surface area contributed by atoms with Crippen LogP contribution in [0.3, 0.4) is 0 Å². The summed E-state index contributed by atoms with van der Waals surface area (Å²) in [5, 5.41) is 2.96. The third-order valence-electron chi connectivity index (χ3n) is 2.45. The number of primary amides is 1. The Morgan fingerprint density at radius 2 is 2.12 bits per heavy atom. The fraction of sp³-hybridized carbons (Fsp3) is 0.364. The van der Waals surface area contributed by atoms with Crippen LogP contribution >= 0.6 is 0 Å². The smallest absolute Gasteiger partial charge is 0.231 e. The monoisotopic (exact) mass is 222 g/mol. The number of amides is 1. The van der Waals surface area contributed by atoms with Gasteiger partial charge in [0.15, 0.2) is 11.5 Å². The zero-order valence-corrected chi connectivity index (χ0v) is 9.08. The fourth-order valence-electron chi connectivity index (χ4n) is 1.60. The number of ether oxygens (including phenoxy) is 2. The number of carbonyl (C=O) groups excluding carboxylic acids is 1. The van der Waals surface area contributed by atoms with Gasteiger partial charge < -0.3 is 20.5 Å². The molecule has 0 fully saturated rings. The van der Waals surface area contributed by atoms with Crippen molar-refractivity contribution in [3.05, 3.63) is 23.3 Å². The molecule has 5 nitrogen and oxygen atoms in total. The SMILES string of the molecule is Cc1cc2c(cc1CNCC(N)=O)OCO2.